The van der Waals surface area contributed by atoms with Gasteiger partial charge in [-0.3, -0.25) is 14.9 Å². The number of carbonyl (C=O) groups is 1. The lowest BCUT2D eigenvalue weighted by molar-refractivity contribution is -0.384. The van der Waals surface area contributed by atoms with Crippen LogP contribution in [-0.2, 0) is 32.8 Å². The van der Waals surface area contributed by atoms with E-state index in [1.807, 2.05) is 65.6 Å². The third kappa shape index (κ3) is 4.92. The Bertz CT molecular complexity index is 1090. The maximum Gasteiger partial charge on any atom is 0.318 e. The summed E-state index contributed by atoms with van der Waals surface area (Å²) in [6, 6.07) is 22.5. The second-order valence-corrected chi connectivity index (χ2v) is 8.31. The second kappa shape index (κ2) is 10.4. The molecule has 0 aliphatic carbocycles. The summed E-state index contributed by atoms with van der Waals surface area (Å²) in [5, 5.41) is 12.0. The highest BCUT2D eigenvalue weighted by Crippen LogP contribution is 2.38. The van der Waals surface area contributed by atoms with Crippen molar-refractivity contribution in [2.75, 3.05) is 25.2 Å². The smallest absolute Gasteiger partial charge is 0.318 e. The van der Waals surface area contributed by atoms with E-state index in [1.165, 1.54) is 13.2 Å². The fourth-order valence-corrected chi connectivity index (χ4v) is 4.38. The Morgan fingerprint density at radius 2 is 1.56 bits per heavy atom. The first-order valence-corrected chi connectivity index (χ1v) is 11.2. The van der Waals surface area contributed by atoms with Crippen LogP contribution in [0.15, 0.2) is 72.8 Å². The average Bonchev–Trinajstić information content (AvgIpc) is 2.89. The summed E-state index contributed by atoms with van der Waals surface area (Å²) in [5.74, 6) is -0.175. The molecule has 8 heteroatoms. The predicted octanol–water partition coefficient (Wildman–Crippen LogP) is 4.42. The molecule has 8 nitrogen and oxygen atoms in total. The van der Waals surface area contributed by atoms with Gasteiger partial charge in [-0.2, -0.15) is 0 Å². The molecule has 3 aromatic rings. The number of rotatable bonds is 8. The minimum atomic E-state index is -0.998. The number of carbonyl (C=O) groups excluding carboxylic acids is 1. The number of anilines is 1. The maximum absolute atomic E-state index is 12.9. The molecule has 34 heavy (non-hydrogen) atoms. The van der Waals surface area contributed by atoms with Gasteiger partial charge in [-0.1, -0.05) is 60.7 Å². The van der Waals surface area contributed by atoms with E-state index in [9.17, 15) is 14.9 Å². The number of pyridine rings is 1. The minimum Gasteiger partial charge on any atom is -0.468 e. The van der Waals surface area contributed by atoms with Crippen molar-refractivity contribution in [3.63, 3.8) is 0 Å². The van der Waals surface area contributed by atoms with Crippen LogP contribution in [0.3, 0.4) is 0 Å². The number of benzene rings is 2. The number of hydrogen-bond acceptors (Lipinski definition) is 7. The van der Waals surface area contributed by atoms with Crippen LogP contribution in [0.2, 0.25) is 0 Å². The van der Waals surface area contributed by atoms with Gasteiger partial charge >= 0.3 is 11.7 Å². The number of ether oxygens (including phenoxy) is 2. The Morgan fingerprint density at radius 1 is 1.00 bits per heavy atom. The van der Waals surface area contributed by atoms with Gasteiger partial charge in [0.15, 0.2) is 0 Å². The Hall–Kier alpha value is -3.78. The van der Waals surface area contributed by atoms with Crippen molar-refractivity contribution in [1.29, 1.82) is 0 Å². The molecule has 2 heterocycles. The van der Waals surface area contributed by atoms with Crippen molar-refractivity contribution < 1.29 is 19.2 Å². The van der Waals surface area contributed by atoms with Crippen LogP contribution >= 0.6 is 0 Å². The Morgan fingerprint density at radius 3 is 2.06 bits per heavy atom. The van der Waals surface area contributed by atoms with Crippen LogP contribution in [0.1, 0.15) is 29.7 Å². The van der Waals surface area contributed by atoms with E-state index in [0.29, 0.717) is 44.8 Å². The van der Waals surface area contributed by atoms with Gasteiger partial charge in [0.25, 0.3) is 0 Å². The Balaban J connectivity index is 1.83. The van der Waals surface area contributed by atoms with Gasteiger partial charge in [-0.05, 0) is 30.0 Å². The first kappa shape index (κ1) is 23.4. The highest BCUT2D eigenvalue weighted by molar-refractivity contribution is 5.83. The van der Waals surface area contributed by atoms with Crippen LogP contribution in [0.5, 0.6) is 0 Å². The second-order valence-electron chi connectivity index (χ2n) is 8.31. The van der Waals surface area contributed by atoms with Crippen LogP contribution in [0.4, 0.5) is 11.5 Å². The lowest BCUT2D eigenvalue weighted by Gasteiger charge is -2.34. The van der Waals surface area contributed by atoms with E-state index in [0.717, 1.165) is 11.1 Å². The molecule has 0 atom stereocenters. The summed E-state index contributed by atoms with van der Waals surface area (Å²) in [5.41, 5.74) is 1.35. The van der Waals surface area contributed by atoms with Crippen molar-refractivity contribution in [3.05, 3.63) is 99.7 Å². The molecular weight excluding hydrogens is 434 g/mol. The number of esters is 1. The van der Waals surface area contributed by atoms with Gasteiger partial charge in [-0.25, -0.2) is 4.98 Å². The standard InChI is InChI=1S/C26H27N3O5/c1-33-25(30)26(14-16-34-17-15-26)23-13-12-22(29(31)32)24(27-23)28(18-20-8-4-2-5-9-20)19-21-10-6-3-7-11-21/h2-13H,14-19H2,1H3. The van der Waals surface area contributed by atoms with Gasteiger partial charge in [0.05, 0.1) is 17.7 Å². The quantitative estimate of drug-likeness (QED) is 0.278. The zero-order chi connectivity index (χ0) is 24.0. The van der Waals surface area contributed by atoms with E-state index >= 15 is 0 Å². The van der Waals surface area contributed by atoms with E-state index in [-0.39, 0.29) is 11.5 Å². The van der Waals surface area contributed by atoms with Crippen molar-refractivity contribution in [2.45, 2.75) is 31.3 Å². The summed E-state index contributed by atoms with van der Waals surface area (Å²) in [4.78, 5) is 31.2. The van der Waals surface area contributed by atoms with Crippen LogP contribution < -0.4 is 4.90 Å². The number of nitro groups is 1. The molecule has 0 N–H and O–H groups in total. The largest absolute Gasteiger partial charge is 0.468 e. The van der Waals surface area contributed by atoms with E-state index < -0.39 is 16.3 Å². The van der Waals surface area contributed by atoms with Gasteiger partial charge in [0.1, 0.15) is 5.41 Å². The lowest BCUT2D eigenvalue weighted by Crippen LogP contribution is -2.43. The molecule has 0 bridgehead atoms. The first-order chi connectivity index (χ1) is 16.5. The fraction of sp³-hybridized carbons (Fsp3) is 0.308. The molecule has 0 spiro atoms. The zero-order valence-corrected chi connectivity index (χ0v) is 19.1. The normalized spacial score (nSPS) is 14.9. The molecule has 1 aliphatic rings. The van der Waals surface area contributed by atoms with Gasteiger partial charge in [0.2, 0.25) is 5.82 Å². The summed E-state index contributed by atoms with van der Waals surface area (Å²) in [7, 11) is 1.35. The topological polar surface area (TPSA) is 94.8 Å². The highest BCUT2D eigenvalue weighted by atomic mass is 16.6. The molecule has 1 fully saturated rings. The van der Waals surface area contributed by atoms with Gasteiger partial charge in [-0.15, -0.1) is 0 Å². The molecule has 1 aliphatic heterocycles. The zero-order valence-electron chi connectivity index (χ0n) is 19.1. The molecule has 0 saturated carbocycles. The van der Waals surface area contributed by atoms with Gasteiger partial charge in [0, 0.05) is 32.4 Å². The molecule has 1 saturated heterocycles. The van der Waals surface area contributed by atoms with E-state index in [2.05, 4.69) is 0 Å². The fourth-order valence-electron chi connectivity index (χ4n) is 4.38. The molecule has 4 rings (SSSR count). The van der Waals surface area contributed by atoms with Crippen LogP contribution in [0, 0.1) is 10.1 Å². The minimum absolute atomic E-state index is 0.109. The van der Waals surface area contributed by atoms with Crippen LogP contribution in [0.25, 0.3) is 0 Å². The molecular formula is C26H27N3O5. The summed E-state index contributed by atoms with van der Waals surface area (Å²) < 4.78 is 10.6. The Labute approximate surface area is 198 Å². The predicted molar refractivity (Wildman–Crippen MR) is 127 cm³/mol. The lowest BCUT2D eigenvalue weighted by atomic mass is 9.77. The van der Waals surface area contributed by atoms with Crippen molar-refractivity contribution in [2.24, 2.45) is 0 Å². The number of aromatic nitrogens is 1. The summed E-state index contributed by atoms with van der Waals surface area (Å²) in [6.07, 6.45) is 0.808. The molecule has 0 unspecified atom stereocenters. The van der Waals surface area contributed by atoms with Crippen molar-refractivity contribution >= 4 is 17.5 Å². The third-order valence-electron chi connectivity index (χ3n) is 6.20. The van der Waals surface area contributed by atoms with E-state index in [4.69, 9.17) is 14.5 Å². The molecule has 0 radical (unpaired) electrons. The molecule has 2 aromatic carbocycles. The highest BCUT2D eigenvalue weighted by Gasteiger charge is 2.45. The Kier molecular flexibility index (Phi) is 7.18. The molecule has 0 amide bonds. The van der Waals surface area contributed by atoms with Crippen molar-refractivity contribution in [3.8, 4) is 0 Å². The molecule has 176 valence electrons. The van der Waals surface area contributed by atoms with Gasteiger partial charge < -0.3 is 14.4 Å². The number of hydrogen-bond donors (Lipinski definition) is 0. The third-order valence-corrected chi connectivity index (χ3v) is 6.20. The van der Waals surface area contributed by atoms with Crippen LogP contribution in [-0.4, -0.2) is 36.2 Å². The SMILES string of the molecule is COC(=O)C1(c2ccc([N+](=O)[O-])c(N(Cc3ccccc3)Cc3ccccc3)n2)CCOCC1. The van der Waals surface area contributed by atoms with Crippen molar-refractivity contribution in [1.82, 2.24) is 4.98 Å². The summed E-state index contributed by atoms with van der Waals surface area (Å²) >= 11 is 0. The number of nitrogens with zero attached hydrogens (tertiary/aromatic N) is 3. The first-order valence-electron chi connectivity index (χ1n) is 11.2. The average molecular weight is 462 g/mol. The van der Waals surface area contributed by atoms with E-state index in [1.54, 1.807) is 6.07 Å². The number of methoxy groups -OCH3 is 1. The monoisotopic (exact) mass is 461 g/mol. The maximum atomic E-state index is 12.9. The molecule has 1 aromatic heterocycles. The summed E-state index contributed by atoms with van der Waals surface area (Å²) in [6.45, 7) is 1.62.